The number of carbonyl (C=O) groups is 2. The third-order valence-electron chi connectivity index (χ3n) is 5.00. The van der Waals surface area contributed by atoms with E-state index in [0.29, 0.717) is 12.5 Å². The zero-order valence-electron chi connectivity index (χ0n) is 17.4. The van der Waals surface area contributed by atoms with Crippen molar-refractivity contribution in [1.82, 2.24) is 0 Å². The third-order valence-corrected chi connectivity index (χ3v) is 5.00. The molecule has 3 rings (SSSR count). The first-order valence-electron chi connectivity index (χ1n) is 9.92. The smallest absolute Gasteiger partial charge is 0.330 e. The molecule has 1 N–H and O–H groups in total. The Morgan fingerprint density at radius 1 is 1.14 bits per heavy atom. The zero-order valence-corrected chi connectivity index (χ0v) is 17.4. The van der Waals surface area contributed by atoms with Gasteiger partial charge in [-0.15, -0.1) is 0 Å². The summed E-state index contributed by atoms with van der Waals surface area (Å²) in [7, 11) is 0. The van der Waals surface area contributed by atoms with Crippen LogP contribution < -0.4 is 10.2 Å². The Morgan fingerprint density at radius 2 is 1.83 bits per heavy atom. The number of carbonyl (C=O) groups excluding carboxylic acids is 2. The average Bonchev–Trinajstić information content (AvgIpc) is 2.69. The van der Waals surface area contributed by atoms with Gasteiger partial charge in [-0.1, -0.05) is 50.2 Å². The zero-order chi connectivity index (χ0) is 21.0. The molecule has 0 unspecified atom stereocenters. The van der Waals surface area contributed by atoms with Crippen LogP contribution in [0, 0.1) is 0 Å². The maximum Gasteiger partial charge on any atom is 0.330 e. The number of esters is 1. The number of para-hydroxylation sites is 2. The first-order valence-corrected chi connectivity index (χ1v) is 9.92. The molecule has 1 aliphatic rings. The number of ether oxygens (including phenoxy) is 1. The fourth-order valence-corrected chi connectivity index (χ4v) is 3.32. The molecule has 29 heavy (non-hydrogen) atoms. The summed E-state index contributed by atoms with van der Waals surface area (Å²) in [4.78, 5) is 26.5. The highest BCUT2D eigenvalue weighted by Gasteiger charge is 2.38. The first-order chi connectivity index (χ1) is 13.8. The highest BCUT2D eigenvalue weighted by molar-refractivity contribution is 6.07. The Morgan fingerprint density at radius 3 is 2.52 bits per heavy atom. The minimum atomic E-state index is -0.708. The molecule has 0 fully saturated rings. The number of anilines is 2. The lowest BCUT2D eigenvalue weighted by Crippen LogP contribution is -2.54. The van der Waals surface area contributed by atoms with Crippen LogP contribution in [0.15, 0.2) is 54.6 Å². The van der Waals surface area contributed by atoms with Gasteiger partial charge in [-0.2, -0.15) is 0 Å². The van der Waals surface area contributed by atoms with Crippen molar-refractivity contribution in [2.45, 2.75) is 39.2 Å². The minimum absolute atomic E-state index is 0.0481. The number of nitrogens with zero attached hydrogens (tertiary/aromatic N) is 1. The van der Waals surface area contributed by atoms with E-state index in [4.69, 9.17) is 4.74 Å². The topological polar surface area (TPSA) is 58.6 Å². The lowest BCUT2D eigenvalue weighted by Gasteiger charge is -2.39. The summed E-state index contributed by atoms with van der Waals surface area (Å²) in [6, 6.07) is 15.7. The van der Waals surface area contributed by atoms with Crippen LogP contribution in [0.4, 0.5) is 11.4 Å². The number of fused-ring (bicyclic) bond motifs is 1. The molecule has 0 atom stereocenters. The molecule has 1 aliphatic heterocycles. The summed E-state index contributed by atoms with van der Waals surface area (Å²) in [5.74, 6) is 0.00176. The summed E-state index contributed by atoms with van der Waals surface area (Å²) in [5, 5.41) is 3.25. The SMILES string of the molecule is CC(C)c1ccc(/C=C/C(=O)OCCN2C(=O)C(C)(C)Nc3ccccc32)cc1. The molecule has 2 aromatic carbocycles. The van der Waals surface area contributed by atoms with Crippen molar-refractivity contribution < 1.29 is 14.3 Å². The summed E-state index contributed by atoms with van der Waals surface area (Å²) in [6.45, 7) is 8.42. The molecule has 152 valence electrons. The summed E-state index contributed by atoms with van der Waals surface area (Å²) < 4.78 is 5.32. The van der Waals surface area contributed by atoms with Crippen LogP contribution in [0.5, 0.6) is 0 Å². The molecule has 0 radical (unpaired) electrons. The van der Waals surface area contributed by atoms with Gasteiger partial charge in [0.15, 0.2) is 0 Å². The van der Waals surface area contributed by atoms with E-state index in [9.17, 15) is 9.59 Å². The van der Waals surface area contributed by atoms with Gasteiger partial charge in [0.25, 0.3) is 5.91 Å². The molecule has 5 nitrogen and oxygen atoms in total. The van der Waals surface area contributed by atoms with Gasteiger partial charge >= 0.3 is 5.97 Å². The van der Waals surface area contributed by atoms with E-state index in [1.54, 1.807) is 11.0 Å². The van der Waals surface area contributed by atoms with E-state index in [0.717, 1.165) is 16.9 Å². The first kappa shape index (κ1) is 20.6. The van der Waals surface area contributed by atoms with Crippen LogP contribution in [-0.2, 0) is 14.3 Å². The summed E-state index contributed by atoms with van der Waals surface area (Å²) in [5.41, 5.74) is 3.19. The Bertz CT molecular complexity index is 914. The Hall–Kier alpha value is -3.08. The van der Waals surface area contributed by atoms with E-state index >= 15 is 0 Å². The van der Waals surface area contributed by atoms with Crippen molar-refractivity contribution in [3.63, 3.8) is 0 Å². The van der Waals surface area contributed by atoms with Gasteiger partial charge in [0, 0.05) is 6.08 Å². The lowest BCUT2D eigenvalue weighted by atomic mass is 9.98. The number of hydrogen-bond acceptors (Lipinski definition) is 4. The number of hydrogen-bond donors (Lipinski definition) is 1. The van der Waals surface area contributed by atoms with Crippen LogP contribution >= 0.6 is 0 Å². The molecule has 0 aliphatic carbocycles. The average molecular weight is 392 g/mol. The third kappa shape index (κ3) is 4.86. The van der Waals surface area contributed by atoms with Crippen LogP contribution in [0.3, 0.4) is 0 Å². The van der Waals surface area contributed by atoms with E-state index < -0.39 is 11.5 Å². The van der Waals surface area contributed by atoms with E-state index in [1.807, 2.05) is 50.2 Å². The van der Waals surface area contributed by atoms with Gasteiger partial charge in [-0.25, -0.2) is 4.79 Å². The fourth-order valence-electron chi connectivity index (χ4n) is 3.32. The highest BCUT2D eigenvalue weighted by Crippen LogP contribution is 2.34. The van der Waals surface area contributed by atoms with Crippen molar-refractivity contribution >= 4 is 29.3 Å². The van der Waals surface area contributed by atoms with Gasteiger partial charge in [0.1, 0.15) is 12.1 Å². The maximum atomic E-state index is 12.8. The maximum absolute atomic E-state index is 12.8. The summed E-state index contributed by atoms with van der Waals surface area (Å²) >= 11 is 0. The second-order valence-electron chi connectivity index (χ2n) is 8.05. The Kier molecular flexibility index (Phi) is 6.06. The standard InChI is InChI=1S/C24H28N2O3/c1-17(2)19-12-9-18(10-13-19)11-14-22(27)29-16-15-26-21-8-6-5-7-20(21)25-24(3,4)23(26)28/h5-14,17,25H,15-16H2,1-4H3/b14-11+. The molecule has 0 spiro atoms. The monoisotopic (exact) mass is 392 g/mol. The molecule has 2 aromatic rings. The molecular weight excluding hydrogens is 364 g/mol. The molecule has 0 bridgehead atoms. The second-order valence-corrected chi connectivity index (χ2v) is 8.05. The van der Waals surface area contributed by atoms with Gasteiger partial charge < -0.3 is 15.0 Å². The number of benzene rings is 2. The Labute approximate surface area is 172 Å². The molecule has 1 heterocycles. The van der Waals surface area contributed by atoms with Crippen molar-refractivity contribution in [3.05, 3.63) is 65.7 Å². The largest absolute Gasteiger partial charge is 0.461 e. The predicted octanol–water partition coefficient (Wildman–Crippen LogP) is 4.60. The minimum Gasteiger partial charge on any atom is -0.461 e. The number of rotatable bonds is 6. The highest BCUT2D eigenvalue weighted by atomic mass is 16.5. The molecule has 0 saturated carbocycles. The van der Waals surface area contributed by atoms with Crippen molar-refractivity contribution in [1.29, 1.82) is 0 Å². The number of amides is 1. The van der Waals surface area contributed by atoms with Gasteiger partial charge in [0.05, 0.1) is 17.9 Å². The second kappa shape index (κ2) is 8.52. The van der Waals surface area contributed by atoms with Crippen LogP contribution in [0.2, 0.25) is 0 Å². The van der Waals surface area contributed by atoms with Crippen molar-refractivity contribution in [3.8, 4) is 0 Å². The van der Waals surface area contributed by atoms with Gasteiger partial charge in [-0.3, -0.25) is 4.79 Å². The van der Waals surface area contributed by atoms with Crippen LogP contribution in [-0.4, -0.2) is 30.6 Å². The molecule has 0 saturated heterocycles. The van der Waals surface area contributed by atoms with Crippen LogP contribution in [0.25, 0.3) is 6.08 Å². The van der Waals surface area contributed by atoms with Gasteiger partial charge in [0.2, 0.25) is 0 Å². The number of nitrogens with one attached hydrogen (secondary N) is 1. The van der Waals surface area contributed by atoms with Gasteiger partial charge in [-0.05, 0) is 49.1 Å². The predicted molar refractivity (Wildman–Crippen MR) is 117 cm³/mol. The Balaban J connectivity index is 1.58. The van der Waals surface area contributed by atoms with E-state index in [1.165, 1.54) is 11.6 Å². The van der Waals surface area contributed by atoms with Crippen molar-refractivity contribution in [2.75, 3.05) is 23.4 Å². The lowest BCUT2D eigenvalue weighted by molar-refractivity contribution is -0.137. The molecule has 0 aromatic heterocycles. The van der Waals surface area contributed by atoms with E-state index in [2.05, 4.69) is 31.3 Å². The van der Waals surface area contributed by atoms with Crippen molar-refractivity contribution in [2.24, 2.45) is 0 Å². The fraction of sp³-hybridized carbons (Fsp3) is 0.333. The molecule has 5 heteroatoms. The quantitative estimate of drug-likeness (QED) is 0.576. The summed E-state index contributed by atoms with van der Waals surface area (Å²) in [6.07, 6.45) is 3.16. The van der Waals surface area contributed by atoms with E-state index in [-0.39, 0.29) is 12.5 Å². The molecule has 1 amide bonds. The molecular formula is C24H28N2O3. The normalized spacial score (nSPS) is 15.3. The van der Waals surface area contributed by atoms with Crippen LogP contribution in [0.1, 0.15) is 44.7 Å².